The van der Waals surface area contributed by atoms with E-state index in [9.17, 15) is 4.79 Å². The number of rotatable bonds is 7. The average Bonchev–Trinajstić information content (AvgIpc) is 3.15. The van der Waals surface area contributed by atoms with Gasteiger partial charge in [-0.1, -0.05) is 19.1 Å². The molecular formula is C22H29N2O3+. The summed E-state index contributed by atoms with van der Waals surface area (Å²) in [5.74, 6) is 1.66. The number of methoxy groups -OCH3 is 2. The van der Waals surface area contributed by atoms with Gasteiger partial charge in [0, 0.05) is 24.6 Å². The van der Waals surface area contributed by atoms with Crippen LogP contribution in [0, 0.1) is 0 Å². The molecule has 3 rings (SSSR count). The Morgan fingerprint density at radius 1 is 1.15 bits per heavy atom. The van der Waals surface area contributed by atoms with Crippen molar-refractivity contribution in [2.24, 2.45) is 0 Å². The molecule has 27 heavy (non-hydrogen) atoms. The van der Waals surface area contributed by atoms with Crippen LogP contribution >= 0.6 is 0 Å². The van der Waals surface area contributed by atoms with Gasteiger partial charge in [-0.15, -0.1) is 0 Å². The molecule has 1 amide bonds. The zero-order valence-corrected chi connectivity index (χ0v) is 16.4. The largest absolute Gasteiger partial charge is 0.497 e. The number of carbonyl (C=O) groups excluding carboxylic acids is 1. The van der Waals surface area contributed by atoms with E-state index >= 15 is 0 Å². The number of nitrogens with one attached hydrogen (secondary N) is 2. The molecule has 1 unspecified atom stereocenters. The lowest BCUT2D eigenvalue weighted by atomic mass is 10.0. The van der Waals surface area contributed by atoms with E-state index in [2.05, 4.69) is 30.4 Å². The third-order valence-corrected chi connectivity index (χ3v) is 5.33. The fourth-order valence-corrected chi connectivity index (χ4v) is 3.84. The Morgan fingerprint density at radius 3 is 2.59 bits per heavy atom. The van der Waals surface area contributed by atoms with Crippen molar-refractivity contribution in [1.29, 1.82) is 0 Å². The van der Waals surface area contributed by atoms with Gasteiger partial charge in [-0.25, -0.2) is 0 Å². The van der Waals surface area contributed by atoms with E-state index in [-0.39, 0.29) is 11.9 Å². The quantitative estimate of drug-likeness (QED) is 0.789. The van der Waals surface area contributed by atoms with Crippen molar-refractivity contribution in [3.8, 4) is 11.5 Å². The molecule has 1 saturated heterocycles. The van der Waals surface area contributed by atoms with E-state index in [0.717, 1.165) is 48.6 Å². The number of amides is 1. The maximum absolute atomic E-state index is 12.6. The topological polar surface area (TPSA) is 52.0 Å². The van der Waals surface area contributed by atoms with Crippen LogP contribution in [0.2, 0.25) is 0 Å². The maximum Gasteiger partial charge on any atom is 0.279 e. The predicted molar refractivity (Wildman–Crippen MR) is 107 cm³/mol. The highest BCUT2D eigenvalue weighted by atomic mass is 16.5. The minimum Gasteiger partial charge on any atom is -0.497 e. The van der Waals surface area contributed by atoms with Crippen molar-refractivity contribution in [3.05, 3.63) is 53.6 Å². The third-order valence-electron chi connectivity index (χ3n) is 5.33. The smallest absolute Gasteiger partial charge is 0.279 e. The molecule has 0 bridgehead atoms. The summed E-state index contributed by atoms with van der Waals surface area (Å²) in [6, 6.07) is 14.3. The first-order chi connectivity index (χ1) is 13.1. The molecule has 1 fully saturated rings. The number of quaternary nitrogens is 1. The molecule has 144 valence electrons. The second kappa shape index (κ2) is 8.91. The maximum atomic E-state index is 12.6. The van der Waals surface area contributed by atoms with Crippen molar-refractivity contribution < 1.29 is 19.2 Å². The fourth-order valence-electron chi connectivity index (χ4n) is 3.84. The second-order valence-electron chi connectivity index (χ2n) is 6.99. The van der Waals surface area contributed by atoms with Crippen LogP contribution in [0.1, 0.15) is 36.9 Å². The molecule has 2 atom stereocenters. The number of aryl methyl sites for hydroxylation is 1. The molecule has 2 aromatic rings. The van der Waals surface area contributed by atoms with Gasteiger partial charge >= 0.3 is 0 Å². The predicted octanol–water partition coefficient (Wildman–Crippen LogP) is 2.62. The molecule has 2 N–H and O–H groups in total. The van der Waals surface area contributed by atoms with Gasteiger partial charge in [0.15, 0.2) is 6.54 Å². The van der Waals surface area contributed by atoms with Gasteiger partial charge < -0.3 is 19.7 Å². The molecule has 5 heteroatoms. The molecule has 0 radical (unpaired) electrons. The van der Waals surface area contributed by atoms with E-state index in [1.54, 1.807) is 14.2 Å². The van der Waals surface area contributed by atoms with Crippen molar-refractivity contribution >= 4 is 11.6 Å². The van der Waals surface area contributed by atoms with Crippen molar-refractivity contribution in [2.75, 3.05) is 32.6 Å². The average molecular weight is 369 g/mol. The van der Waals surface area contributed by atoms with E-state index < -0.39 is 0 Å². The van der Waals surface area contributed by atoms with Crippen molar-refractivity contribution in [3.63, 3.8) is 0 Å². The van der Waals surface area contributed by atoms with Crippen LogP contribution < -0.4 is 19.7 Å². The summed E-state index contributed by atoms with van der Waals surface area (Å²) in [6.07, 6.45) is 3.15. The summed E-state index contributed by atoms with van der Waals surface area (Å²) in [5, 5.41) is 3.03. The molecule has 0 aromatic heterocycles. The zero-order valence-electron chi connectivity index (χ0n) is 16.4. The van der Waals surface area contributed by atoms with E-state index in [0.29, 0.717) is 6.54 Å². The molecule has 0 aliphatic carbocycles. The second-order valence-corrected chi connectivity index (χ2v) is 6.99. The van der Waals surface area contributed by atoms with Gasteiger partial charge in [0.05, 0.1) is 26.3 Å². The summed E-state index contributed by atoms with van der Waals surface area (Å²) in [7, 11) is 3.33. The molecule has 2 aromatic carbocycles. The lowest BCUT2D eigenvalue weighted by molar-refractivity contribution is -0.910. The van der Waals surface area contributed by atoms with E-state index in [1.165, 1.54) is 10.5 Å². The van der Waals surface area contributed by atoms with Gasteiger partial charge in [0.25, 0.3) is 5.91 Å². The minimum absolute atomic E-state index is 0.0497. The number of benzene rings is 2. The lowest BCUT2D eigenvalue weighted by Crippen LogP contribution is -3.11. The first kappa shape index (κ1) is 19.2. The number of likely N-dealkylation sites (tertiary alicyclic amines) is 1. The summed E-state index contributed by atoms with van der Waals surface area (Å²) in [4.78, 5) is 13.9. The van der Waals surface area contributed by atoms with Crippen molar-refractivity contribution in [2.45, 2.75) is 32.2 Å². The normalized spacial score (nSPS) is 18.9. The Bertz CT molecular complexity index is 774. The Morgan fingerprint density at radius 2 is 1.93 bits per heavy atom. The number of ether oxygens (including phenoxy) is 2. The fraction of sp³-hybridized carbons (Fsp3) is 0.409. The summed E-state index contributed by atoms with van der Waals surface area (Å²) < 4.78 is 10.9. The van der Waals surface area contributed by atoms with Crippen LogP contribution in [0.5, 0.6) is 11.5 Å². The van der Waals surface area contributed by atoms with E-state index in [4.69, 9.17) is 9.47 Å². The molecule has 5 nitrogen and oxygen atoms in total. The van der Waals surface area contributed by atoms with Gasteiger partial charge in [-0.2, -0.15) is 0 Å². The first-order valence-electron chi connectivity index (χ1n) is 9.60. The highest BCUT2D eigenvalue weighted by Crippen LogP contribution is 2.31. The Hall–Kier alpha value is -2.53. The van der Waals surface area contributed by atoms with Crippen molar-refractivity contribution in [1.82, 2.24) is 0 Å². The molecule has 0 spiro atoms. The Balaban J connectivity index is 1.68. The third kappa shape index (κ3) is 4.61. The van der Waals surface area contributed by atoms with Gasteiger partial charge in [0.2, 0.25) is 0 Å². The monoisotopic (exact) mass is 369 g/mol. The standard InChI is InChI=1S/C22H28N2O3/c1-4-16-7-9-17(10-8-16)23-22(25)15-24-13-5-6-20(24)19-12-11-18(26-2)14-21(19)27-3/h7-12,14,20H,4-6,13,15H2,1-3H3,(H,23,25)/p+1/t20-/m0/s1. The highest BCUT2D eigenvalue weighted by molar-refractivity contribution is 5.91. The Labute approximate surface area is 161 Å². The molecule has 0 saturated carbocycles. The lowest BCUT2D eigenvalue weighted by Gasteiger charge is -2.23. The van der Waals surface area contributed by atoms with Crippen LogP contribution in [-0.4, -0.2) is 33.2 Å². The number of carbonyl (C=O) groups is 1. The first-order valence-corrected chi connectivity index (χ1v) is 9.60. The number of anilines is 1. The van der Waals surface area contributed by atoms with Crippen LogP contribution in [0.4, 0.5) is 5.69 Å². The summed E-state index contributed by atoms with van der Waals surface area (Å²) in [5.41, 5.74) is 3.27. The Kier molecular flexibility index (Phi) is 6.35. The molecular weight excluding hydrogens is 340 g/mol. The van der Waals surface area contributed by atoms with E-state index in [1.807, 2.05) is 24.3 Å². The number of hydrogen-bond donors (Lipinski definition) is 2. The van der Waals surface area contributed by atoms with Crippen LogP contribution in [0.3, 0.4) is 0 Å². The summed E-state index contributed by atoms with van der Waals surface area (Å²) >= 11 is 0. The number of hydrogen-bond acceptors (Lipinski definition) is 3. The van der Waals surface area contributed by atoms with Gasteiger partial charge in [-0.05, 0) is 36.2 Å². The van der Waals surface area contributed by atoms with Crippen LogP contribution in [0.15, 0.2) is 42.5 Å². The zero-order chi connectivity index (χ0) is 19.2. The molecule has 1 aliphatic rings. The van der Waals surface area contributed by atoms with Crippen LogP contribution in [-0.2, 0) is 11.2 Å². The van der Waals surface area contributed by atoms with Gasteiger partial charge in [0.1, 0.15) is 17.5 Å². The molecule has 1 aliphatic heterocycles. The van der Waals surface area contributed by atoms with Gasteiger partial charge in [-0.3, -0.25) is 4.79 Å². The summed E-state index contributed by atoms with van der Waals surface area (Å²) in [6.45, 7) is 3.56. The highest BCUT2D eigenvalue weighted by Gasteiger charge is 2.33. The SMILES string of the molecule is CCc1ccc(NC(=O)C[NH+]2CCC[C@H]2c2ccc(OC)cc2OC)cc1. The minimum atomic E-state index is 0.0497. The molecule has 1 heterocycles. The van der Waals surface area contributed by atoms with Crippen LogP contribution in [0.25, 0.3) is 0 Å².